The third-order valence-corrected chi connectivity index (χ3v) is 4.56. The maximum Gasteiger partial charge on any atom is 0.251 e. The van der Waals surface area contributed by atoms with Gasteiger partial charge in [0.1, 0.15) is 5.75 Å². The number of likely N-dealkylation sites (tertiary alicyclic amines) is 1. The molecule has 0 aliphatic carbocycles. The van der Waals surface area contributed by atoms with Crippen molar-refractivity contribution in [2.45, 2.75) is 51.6 Å². The van der Waals surface area contributed by atoms with E-state index in [0.717, 1.165) is 25.8 Å². The summed E-state index contributed by atoms with van der Waals surface area (Å²) in [6.45, 7) is 6.26. The van der Waals surface area contributed by atoms with Gasteiger partial charge in [-0.15, -0.1) is 0 Å². The smallest absolute Gasteiger partial charge is 0.251 e. The molecular formula is C19H29N3O3. The highest BCUT2D eigenvalue weighted by Gasteiger charge is 2.29. The van der Waals surface area contributed by atoms with Crippen LogP contribution in [0.3, 0.4) is 0 Å². The van der Waals surface area contributed by atoms with E-state index in [4.69, 9.17) is 0 Å². The molecule has 1 unspecified atom stereocenters. The second-order valence-corrected chi connectivity index (χ2v) is 6.79. The van der Waals surface area contributed by atoms with Crippen molar-refractivity contribution in [3.05, 3.63) is 29.8 Å². The number of nitrogens with zero attached hydrogens (tertiary/aromatic N) is 1. The Labute approximate surface area is 149 Å². The number of piperidine rings is 1. The second-order valence-electron chi connectivity index (χ2n) is 6.79. The Morgan fingerprint density at radius 1 is 1.24 bits per heavy atom. The molecule has 0 spiro atoms. The van der Waals surface area contributed by atoms with E-state index in [1.54, 1.807) is 12.1 Å². The van der Waals surface area contributed by atoms with Gasteiger partial charge in [-0.3, -0.25) is 14.5 Å². The van der Waals surface area contributed by atoms with Crippen LogP contribution < -0.4 is 10.6 Å². The van der Waals surface area contributed by atoms with E-state index in [1.165, 1.54) is 12.1 Å². The van der Waals surface area contributed by atoms with E-state index in [0.29, 0.717) is 31.1 Å². The molecule has 1 aliphatic heterocycles. The number of benzene rings is 1. The molecule has 6 heteroatoms. The van der Waals surface area contributed by atoms with Gasteiger partial charge < -0.3 is 15.7 Å². The van der Waals surface area contributed by atoms with Crippen molar-refractivity contribution in [3.63, 3.8) is 0 Å². The van der Waals surface area contributed by atoms with E-state index < -0.39 is 0 Å². The lowest BCUT2D eigenvalue weighted by Crippen LogP contribution is -2.52. The van der Waals surface area contributed by atoms with Crippen LogP contribution in [0, 0.1) is 0 Å². The van der Waals surface area contributed by atoms with Crippen molar-refractivity contribution in [1.82, 2.24) is 15.5 Å². The van der Waals surface area contributed by atoms with Gasteiger partial charge >= 0.3 is 0 Å². The van der Waals surface area contributed by atoms with Crippen molar-refractivity contribution >= 4 is 11.8 Å². The Hall–Kier alpha value is -2.08. The SMILES string of the molecule is CC(C)N1CCCCC1C(=O)NCCCNC(=O)c1cccc(O)c1. The average Bonchev–Trinajstić information content (AvgIpc) is 2.61. The normalized spacial score (nSPS) is 18.1. The Balaban J connectivity index is 1.68. The van der Waals surface area contributed by atoms with Gasteiger partial charge in [-0.05, 0) is 57.9 Å². The lowest BCUT2D eigenvalue weighted by atomic mass is 9.99. The third-order valence-electron chi connectivity index (χ3n) is 4.56. The zero-order chi connectivity index (χ0) is 18.2. The summed E-state index contributed by atoms with van der Waals surface area (Å²) in [6.07, 6.45) is 3.84. The van der Waals surface area contributed by atoms with Gasteiger partial charge in [-0.2, -0.15) is 0 Å². The average molecular weight is 347 g/mol. The van der Waals surface area contributed by atoms with Crippen LogP contribution >= 0.6 is 0 Å². The molecule has 25 heavy (non-hydrogen) atoms. The standard InChI is InChI=1S/C19H29N3O3/c1-14(2)22-12-4-3-9-17(22)19(25)21-11-6-10-20-18(24)15-7-5-8-16(23)13-15/h5,7-8,13-14,17,23H,3-4,6,9-12H2,1-2H3,(H,20,24)(H,21,25). The van der Waals surface area contributed by atoms with Crippen LogP contribution in [-0.4, -0.2) is 53.5 Å². The minimum Gasteiger partial charge on any atom is -0.508 e. The molecule has 138 valence electrons. The van der Waals surface area contributed by atoms with Crippen molar-refractivity contribution in [2.75, 3.05) is 19.6 Å². The number of amides is 2. The molecule has 0 radical (unpaired) electrons. The number of hydrogen-bond donors (Lipinski definition) is 3. The monoisotopic (exact) mass is 347 g/mol. The highest BCUT2D eigenvalue weighted by Crippen LogP contribution is 2.19. The lowest BCUT2D eigenvalue weighted by molar-refractivity contribution is -0.128. The van der Waals surface area contributed by atoms with E-state index in [1.807, 2.05) is 0 Å². The molecule has 6 nitrogen and oxygen atoms in total. The van der Waals surface area contributed by atoms with Gasteiger partial charge in [0, 0.05) is 24.7 Å². The summed E-state index contributed by atoms with van der Waals surface area (Å²) >= 11 is 0. The molecule has 0 saturated carbocycles. The summed E-state index contributed by atoms with van der Waals surface area (Å²) in [7, 11) is 0. The van der Waals surface area contributed by atoms with Gasteiger partial charge in [0.15, 0.2) is 0 Å². The molecule has 1 heterocycles. The fraction of sp³-hybridized carbons (Fsp3) is 0.579. The zero-order valence-corrected chi connectivity index (χ0v) is 15.1. The van der Waals surface area contributed by atoms with Crippen LogP contribution in [0.4, 0.5) is 0 Å². The number of nitrogens with one attached hydrogen (secondary N) is 2. The first-order valence-corrected chi connectivity index (χ1v) is 9.09. The summed E-state index contributed by atoms with van der Waals surface area (Å²) in [5.74, 6) is -0.0599. The fourth-order valence-corrected chi connectivity index (χ4v) is 3.22. The maximum absolute atomic E-state index is 12.4. The molecule has 3 N–H and O–H groups in total. The topological polar surface area (TPSA) is 81.7 Å². The first-order chi connectivity index (χ1) is 12.0. The Kier molecular flexibility index (Phi) is 7.25. The summed E-state index contributed by atoms with van der Waals surface area (Å²) in [5, 5.41) is 15.2. The minimum atomic E-state index is -0.222. The largest absolute Gasteiger partial charge is 0.508 e. The summed E-state index contributed by atoms with van der Waals surface area (Å²) in [4.78, 5) is 26.6. The van der Waals surface area contributed by atoms with Gasteiger partial charge in [-0.25, -0.2) is 0 Å². The van der Waals surface area contributed by atoms with Crippen molar-refractivity contribution in [2.24, 2.45) is 0 Å². The highest BCUT2D eigenvalue weighted by molar-refractivity contribution is 5.94. The van der Waals surface area contributed by atoms with Crippen LogP contribution in [0.25, 0.3) is 0 Å². The molecular weight excluding hydrogens is 318 g/mol. The van der Waals surface area contributed by atoms with E-state index in [-0.39, 0.29) is 23.6 Å². The zero-order valence-electron chi connectivity index (χ0n) is 15.1. The van der Waals surface area contributed by atoms with Gasteiger partial charge in [0.2, 0.25) is 5.91 Å². The molecule has 0 bridgehead atoms. The number of aromatic hydroxyl groups is 1. The second kappa shape index (κ2) is 9.42. The van der Waals surface area contributed by atoms with Gasteiger partial charge in [0.05, 0.1) is 6.04 Å². The van der Waals surface area contributed by atoms with Crippen LogP contribution in [0.1, 0.15) is 49.9 Å². The van der Waals surface area contributed by atoms with Crippen LogP contribution in [0.2, 0.25) is 0 Å². The summed E-state index contributed by atoms with van der Waals surface area (Å²) < 4.78 is 0. The molecule has 1 fully saturated rings. The summed E-state index contributed by atoms with van der Waals surface area (Å²) in [6, 6.07) is 6.59. The predicted octanol–water partition coefficient (Wildman–Crippen LogP) is 1.89. The lowest BCUT2D eigenvalue weighted by Gasteiger charge is -2.37. The number of phenolic OH excluding ortho intramolecular Hbond substituents is 1. The number of hydrogen-bond acceptors (Lipinski definition) is 4. The number of rotatable bonds is 7. The molecule has 2 amide bonds. The maximum atomic E-state index is 12.4. The number of phenols is 1. The highest BCUT2D eigenvalue weighted by atomic mass is 16.3. The molecule has 0 aromatic heterocycles. The molecule has 1 aliphatic rings. The van der Waals surface area contributed by atoms with Gasteiger partial charge in [0.25, 0.3) is 5.91 Å². The van der Waals surface area contributed by atoms with Crippen molar-refractivity contribution in [3.8, 4) is 5.75 Å². The molecule has 1 saturated heterocycles. The fourth-order valence-electron chi connectivity index (χ4n) is 3.22. The van der Waals surface area contributed by atoms with Crippen LogP contribution in [-0.2, 0) is 4.79 Å². The van der Waals surface area contributed by atoms with E-state index >= 15 is 0 Å². The summed E-state index contributed by atoms with van der Waals surface area (Å²) in [5.41, 5.74) is 0.429. The van der Waals surface area contributed by atoms with Crippen LogP contribution in [0.5, 0.6) is 5.75 Å². The van der Waals surface area contributed by atoms with Gasteiger partial charge in [-0.1, -0.05) is 12.5 Å². The number of carbonyl (C=O) groups is 2. The first-order valence-electron chi connectivity index (χ1n) is 9.09. The Morgan fingerprint density at radius 2 is 2.00 bits per heavy atom. The molecule has 2 rings (SSSR count). The third kappa shape index (κ3) is 5.74. The number of carbonyl (C=O) groups excluding carboxylic acids is 2. The van der Waals surface area contributed by atoms with Crippen molar-refractivity contribution < 1.29 is 14.7 Å². The van der Waals surface area contributed by atoms with E-state index in [9.17, 15) is 14.7 Å². The molecule has 1 aromatic carbocycles. The Bertz CT molecular complexity index is 589. The van der Waals surface area contributed by atoms with E-state index in [2.05, 4.69) is 29.4 Å². The molecule has 1 atom stereocenters. The Morgan fingerprint density at radius 3 is 2.72 bits per heavy atom. The minimum absolute atomic E-state index is 0.0318. The predicted molar refractivity (Wildman–Crippen MR) is 97.5 cm³/mol. The quantitative estimate of drug-likeness (QED) is 0.658. The first kappa shape index (κ1) is 19.2. The van der Waals surface area contributed by atoms with Crippen LogP contribution in [0.15, 0.2) is 24.3 Å². The van der Waals surface area contributed by atoms with Crippen molar-refractivity contribution in [1.29, 1.82) is 0 Å². The molecule has 1 aromatic rings.